The molecule has 0 bridgehead atoms. The highest BCUT2D eigenvalue weighted by Crippen LogP contribution is 2.48. The smallest absolute Gasteiger partial charge is 0.329 e. The fraction of sp³-hybridized carbons (Fsp3) is 0.103. The van der Waals surface area contributed by atoms with Crippen molar-refractivity contribution in [3.8, 4) is 5.75 Å². The highest BCUT2D eigenvalue weighted by molar-refractivity contribution is 8.00. The zero-order chi connectivity index (χ0) is 23.8. The van der Waals surface area contributed by atoms with E-state index in [-0.39, 0.29) is 11.5 Å². The van der Waals surface area contributed by atoms with Crippen LogP contribution in [0.4, 0.5) is 0 Å². The molecule has 0 heterocycles. The number of hydrogen-bond acceptors (Lipinski definition) is 4. The number of rotatable bonds is 9. The minimum absolute atomic E-state index is 0.0650. The van der Waals surface area contributed by atoms with Crippen molar-refractivity contribution >= 4 is 23.9 Å². The maximum atomic E-state index is 12.1. The Balaban J connectivity index is 1.76. The van der Waals surface area contributed by atoms with Gasteiger partial charge in [-0.25, -0.2) is 4.79 Å². The van der Waals surface area contributed by atoms with Crippen LogP contribution in [-0.4, -0.2) is 34.2 Å². The van der Waals surface area contributed by atoms with E-state index >= 15 is 0 Å². The molecule has 4 rings (SSSR count). The molecule has 0 spiro atoms. The molecule has 5 heteroatoms. The Bertz CT molecular complexity index is 1150. The number of aromatic hydroxyl groups is 1. The Morgan fingerprint density at radius 2 is 1.21 bits per heavy atom. The molecule has 0 aliphatic carbocycles. The van der Waals surface area contributed by atoms with Crippen molar-refractivity contribution in [2.75, 3.05) is 5.75 Å². The predicted molar refractivity (Wildman–Crippen MR) is 139 cm³/mol. The van der Waals surface area contributed by atoms with Crippen molar-refractivity contribution < 1.29 is 15.0 Å². The van der Waals surface area contributed by atoms with E-state index in [0.29, 0.717) is 5.56 Å². The molecule has 34 heavy (non-hydrogen) atoms. The van der Waals surface area contributed by atoms with Gasteiger partial charge in [-0.2, -0.15) is 0 Å². The zero-order valence-electron chi connectivity index (χ0n) is 18.5. The monoisotopic (exact) mass is 467 g/mol. The summed E-state index contributed by atoms with van der Waals surface area (Å²) in [5.41, 5.74) is 3.67. The number of nitrogens with zero attached hydrogens (tertiary/aromatic N) is 1. The maximum Gasteiger partial charge on any atom is 0.329 e. The van der Waals surface area contributed by atoms with Gasteiger partial charge in [0.1, 0.15) is 5.75 Å². The van der Waals surface area contributed by atoms with Crippen LogP contribution < -0.4 is 0 Å². The van der Waals surface area contributed by atoms with Gasteiger partial charge in [-0.05, 0) is 28.8 Å². The van der Waals surface area contributed by atoms with Gasteiger partial charge in [0, 0.05) is 17.5 Å². The summed E-state index contributed by atoms with van der Waals surface area (Å²) in [6, 6.07) is 36.2. The molecule has 0 aliphatic heterocycles. The highest BCUT2D eigenvalue weighted by atomic mass is 32.2. The van der Waals surface area contributed by atoms with E-state index in [2.05, 4.69) is 41.4 Å². The number of aliphatic imine (C=N–C) groups is 1. The van der Waals surface area contributed by atoms with Crippen LogP contribution in [0, 0.1) is 0 Å². The number of phenols is 1. The van der Waals surface area contributed by atoms with E-state index in [1.54, 1.807) is 36.0 Å². The van der Waals surface area contributed by atoms with Gasteiger partial charge in [0.2, 0.25) is 0 Å². The second-order valence-electron chi connectivity index (χ2n) is 7.78. The second-order valence-corrected chi connectivity index (χ2v) is 9.02. The Morgan fingerprint density at radius 3 is 1.65 bits per heavy atom. The van der Waals surface area contributed by atoms with Crippen LogP contribution in [0.2, 0.25) is 0 Å². The van der Waals surface area contributed by atoms with Gasteiger partial charge in [-0.3, -0.25) is 4.99 Å². The number of carboxylic acid groups (broad SMARTS) is 1. The lowest BCUT2D eigenvalue weighted by molar-refractivity contribution is -0.137. The standard InChI is InChI=1S/C29H25NO3S/c31-27-19-11-10-12-22(27)20-30-26(28(32)33)21-34-29(23-13-4-1-5-14-23,24-15-6-2-7-16-24)25-17-8-3-9-18-25/h1-20,26,31H,21H2,(H,32,33)/t26-/m1/s1. The van der Waals surface area contributed by atoms with E-state index < -0.39 is 16.8 Å². The molecule has 4 aromatic rings. The zero-order valence-corrected chi connectivity index (χ0v) is 19.3. The molecule has 0 aliphatic rings. The Kier molecular flexibility index (Phi) is 7.45. The minimum Gasteiger partial charge on any atom is -0.507 e. The fourth-order valence-corrected chi connectivity index (χ4v) is 5.46. The van der Waals surface area contributed by atoms with Gasteiger partial charge in [0.05, 0.1) is 4.75 Å². The first-order chi connectivity index (χ1) is 16.6. The quantitative estimate of drug-likeness (QED) is 0.234. The van der Waals surface area contributed by atoms with Crippen LogP contribution in [0.3, 0.4) is 0 Å². The first-order valence-corrected chi connectivity index (χ1v) is 11.9. The minimum atomic E-state index is -1.01. The normalized spacial score (nSPS) is 12.5. The molecule has 0 saturated carbocycles. The molecule has 170 valence electrons. The lowest BCUT2D eigenvalue weighted by atomic mass is 9.84. The number of phenolic OH excluding ortho intramolecular Hbond substituents is 1. The molecule has 0 saturated heterocycles. The summed E-state index contributed by atoms with van der Waals surface area (Å²) in [6.07, 6.45) is 1.43. The number of para-hydroxylation sites is 1. The first-order valence-electron chi connectivity index (χ1n) is 11.0. The SMILES string of the molecule is O=C(O)[C@@H](CSC(c1ccccc1)(c1ccccc1)c1ccccc1)N=Cc1ccccc1O. The topological polar surface area (TPSA) is 69.9 Å². The lowest BCUT2D eigenvalue weighted by Crippen LogP contribution is -2.30. The molecule has 0 unspecified atom stereocenters. The third kappa shape index (κ3) is 5.05. The van der Waals surface area contributed by atoms with Crippen LogP contribution in [0.15, 0.2) is 120 Å². The number of thioether (sulfide) groups is 1. The van der Waals surface area contributed by atoms with Gasteiger partial charge in [0.25, 0.3) is 0 Å². The molecule has 4 nitrogen and oxygen atoms in total. The number of carbonyl (C=O) groups is 1. The van der Waals surface area contributed by atoms with Crippen LogP contribution in [-0.2, 0) is 9.54 Å². The van der Waals surface area contributed by atoms with Gasteiger partial charge < -0.3 is 10.2 Å². The number of carboxylic acids is 1. The average molecular weight is 468 g/mol. The highest BCUT2D eigenvalue weighted by Gasteiger charge is 2.38. The largest absolute Gasteiger partial charge is 0.507 e. The Labute approximate surface area is 203 Å². The summed E-state index contributed by atoms with van der Waals surface area (Å²) >= 11 is 1.55. The number of aliphatic carboxylic acids is 1. The van der Waals surface area contributed by atoms with E-state index in [0.717, 1.165) is 16.7 Å². The molecule has 0 fully saturated rings. The summed E-state index contributed by atoms with van der Waals surface area (Å²) in [5, 5.41) is 20.0. The average Bonchev–Trinajstić information content (AvgIpc) is 2.89. The summed E-state index contributed by atoms with van der Waals surface area (Å²) in [7, 11) is 0. The number of benzene rings is 4. The molecule has 1 atom stereocenters. The van der Waals surface area contributed by atoms with Crippen LogP contribution in [0.5, 0.6) is 5.75 Å². The van der Waals surface area contributed by atoms with Crippen molar-refractivity contribution in [1.29, 1.82) is 0 Å². The summed E-state index contributed by atoms with van der Waals surface area (Å²) < 4.78 is -0.623. The molecule has 4 aromatic carbocycles. The summed E-state index contributed by atoms with van der Waals surface area (Å²) in [4.78, 5) is 16.5. The lowest BCUT2D eigenvalue weighted by Gasteiger charge is -2.36. The fourth-order valence-electron chi connectivity index (χ4n) is 3.92. The molecule has 0 amide bonds. The van der Waals surface area contributed by atoms with Crippen LogP contribution in [0.25, 0.3) is 0 Å². The van der Waals surface area contributed by atoms with Gasteiger partial charge in [0.15, 0.2) is 6.04 Å². The second kappa shape index (κ2) is 10.9. The third-order valence-corrected chi connectivity index (χ3v) is 7.24. The van der Waals surface area contributed by atoms with Crippen LogP contribution in [0.1, 0.15) is 22.3 Å². The van der Waals surface area contributed by atoms with Crippen molar-refractivity contribution in [3.63, 3.8) is 0 Å². The molecule has 0 aromatic heterocycles. The Morgan fingerprint density at radius 1 is 0.765 bits per heavy atom. The van der Waals surface area contributed by atoms with E-state index in [1.807, 2.05) is 54.6 Å². The van der Waals surface area contributed by atoms with Gasteiger partial charge >= 0.3 is 5.97 Å². The molecular weight excluding hydrogens is 442 g/mol. The predicted octanol–water partition coefficient (Wildman–Crippen LogP) is 5.99. The third-order valence-electron chi connectivity index (χ3n) is 5.61. The summed E-state index contributed by atoms with van der Waals surface area (Å²) in [6.45, 7) is 0. The maximum absolute atomic E-state index is 12.1. The van der Waals surface area contributed by atoms with Crippen molar-refractivity contribution in [2.45, 2.75) is 10.8 Å². The molecule has 0 radical (unpaired) electrons. The van der Waals surface area contributed by atoms with Gasteiger partial charge in [-0.15, -0.1) is 11.8 Å². The van der Waals surface area contributed by atoms with E-state index in [1.165, 1.54) is 6.21 Å². The molecule has 2 N–H and O–H groups in total. The van der Waals surface area contributed by atoms with Crippen LogP contribution >= 0.6 is 11.8 Å². The Hall–Kier alpha value is -3.83. The van der Waals surface area contributed by atoms with Gasteiger partial charge in [-0.1, -0.05) is 103 Å². The van der Waals surface area contributed by atoms with Crippen molar-refractivity contribution in [2.24, 2.45) is 4.99 Å². The number of hydrogen-bond donors (Lipinski definition) is 2. The first kappa shape index (κ1) is 23.3. The van der Waals surface area contributed by atoms with Crippen molar-refractivity contribution in [1.82, 2.24) is 0 Å². The van der Waals surface area contributed by atoms with Crippen molar-refractivity contribution in [3.05, 3.63) is 138 Å². The van der Waals surface area contributed by atoms with E-state index in [4.69, 9.17) is 0 Å². The van der Waals surface area contributed by atoms with E-state index in [9.17, 15) is 15.0 Å². The summed E-state index contributed by atoms with van der Waals surface area (Å²) in [5.74, 6) is -0.713. The molecular formula is C29H25NO3S.